The lowest BCUT2D eigenvalue weighted by molar-refractivity contribution is 0.166. The molecule has 0 saturated carbocycles. The molecule has 1 spiro atoms. The lowest BCUT2D eigenvalue weighted by Gasteiger charge is -2.37. The molecule has 4 heteroatoms. The summed E-state index contributed by atoms with van der Waals surface area (Å²) >= 11 is 0. The molecule has 1 aromatic carbocycles. The predicted octanol–water partition coefficient (Wildman–Crippen LogP) is 3.02. The first-order valence-corrected chi connectivity index (χ1v) is 7.46. The van der Waals surface area contributed by atoms with Crippen molar-refractivity contribution in [2.24, 2.45) is 0 Å². The Bertz CT molecular complexity index is 554. The van der Waals surface area contributed by atoms with Crippen molar-refractivity contribution in [1.82, 2.24) is 10.2 Å². The number of hydrogen-bond acceptors (Lipinski definition) is 2. The maximum absolute atomic E-state index is 12.2. The van der Waals surface area contributed by atoms with Crippen molar-refractivity contribution in [3.63, 3.8) is 0 Å². The van der Waals surface area contributed by atoms with E-state index < -0.39 is 5.54 Å². The Kier molecular flexibility index (Phi) is 3.24. The Morgan fingerprint density at radius 3 is 2.95 bits per heavy atom. The lowest BCUT2D eigenvalue weighted by atomic mass is 9.82. The Balaban J connectivity index is 2.18. The highest BCUT2D eigenvalue weighted by Crippen LogP contribution is 2.42. The summed E-state index contributed by atoms with van der Waals surface area (Å²) in [6, 6.07) is 8.19. The summed E-state index contributed by atoms with van der Waals surface area (Å²) in [7, 11) is 0. The lowest BCUT2D eigenvalue weighted by Crippen LogP contribution is -2.47. The third kappa shape index (κ3) is 1.74. The molecular weight excluding hydrogens is 250 g/mol. The van der Waals surface area contributed by atoms with Crippen molar-refractivity contribution >= 4 is 11.9 Å². The zero-order chi connectivity index (χ0) is 14.2. The topological polar surface area (TPSA) is 56.2 Å². The molecule has 1 atom stereocenters. The molecule has 1 aliphatic heterocycles. The van der Waals surface area contributed by atoms with Crippen LogP contribution in [0, 0.1) is 5.41 Å². The summed E-state index contributed by atoms with van der Waals surface area (Å²) in [5.74, 6) is 0.352. The Morgan fingerprint density at radius 2 is 2.15 bits per heavy atom. The maximum Gasteiger partial charge on any atom is 0.323 e. The minimum Gasteiger partial charge on any atom is -0.308 e. The number of urea groups is 1. The summed E-state index contributed by atoms with van der Waals surface area (Å²) in [5.41, 5.74) is 1.88. The zero-order valence-electron chi connectivity index (χ0n) is 11.9. The predicted molar refractivity (Wildman–Crippen MR) is 78.9 cm³/mol. The van der Waals surface area contributed by atoms with Gasteiger partial charge in [-0.1, -0.05) is 31.2 Å². The quantitative estimate of drug-likeness (QED) is 0.853. The van der Waals surface area contributed by atoms with Gasteiger partial charge in [0.25, 0.3) is 0 Å². The van der Waals surface area contributed by atoms with E-state index in [1.54, 1.807) is 0 Å². The molecule has 2 aliphatic rings. The molecule has 1 saturated heterocycles. The van der Waals surface area contributed by atoms with Crippen LogP contribution >= 0.6 is 0 Å². The first-order valence-electron chi connectivity index (χ1n) is 7.46. The largest absolute Gasteiger partial charge is 0.323 e. The minimum absolute atomic E-state index is 0.117. The molecule has 3 rings (SSSR count). The highest BCUT2D eigenvalue weighted by Gasteiger charge is 2.51. The van der Waals surface area contributed by atoms with Gasteiger partial charge in [0.15, 0.2) is 0 Å². The molecular formula is C16H21N3O. The number of carbonyl (C=O) groups excluding carboxylic acids is 1. The molecule has 2 amide bonds. The molecule has 1 aliphatic carbocycles. The number of hydrogen-bond donors (Lipinski definition) is 2. The summed E-state index contributed by atoms with van der Waals surface area (Å²) in [5, 5.41) is 11.1. The van der Waals surface area contributed by atoms with E-state index in [0.717, 1.165) is 37.7 Å². The van der Waals surface area contributed by atoms with Crippen LogP contribution in [0.2, 0.25) is 0 Å². The summed E-state index contributed by atoms with van der Waals surface area (Å²) in [4.78, 5) is 14.1. The number of amidine groups is 1. The molecule has 0 radical (unpaired) electrons. The fourth-order valence-electron chi connectivity index (χ4n) is 3.61. The number of aryl methyl sites for hydroxylation is 1. The fourth-order valence-corrected chi connectivity index (χ4v) is 3.61. The van der Waals surface area contributed by atoms with E-state index in [4.69, 9.17) is 5.41 Å². The van der Waals surface area contributed by atoms with Gasteiger partial charge in [0, 0.05) is 6.54 Å². The van der Waals surface area contributed by atoms with E-state index in [-0.39, 0.29) is 6.03 Å². The van der Waals surface area contributed by atoms with E-state index in [2.05, 4.69) is 30.4 Å². The Labute approximate surface area is 119 Å². The second-order valence-corrected chi connectivity index (χ2v) is 5.68. The van der Waals surface area contributed by atoms with Crippen LogP contribution in [0.4, 0.5) is 4.79 Å². The van der Waals surface area contributed by atoms with Crippen LogP contribution in [0.1, 0.15) is 43.7 Å². The van der Waals surface area contributed by atoms with E-state index in [1.807, 2.05) is 11.0 Å². The molecule has 1 heterocycles. The van der Waals surface area contributed by atoms with Crippen LogP contribution < -0.4 is 5.32 Å². The second-order valence-electron chi connectivity index (χ2n) is 5.68. The standard InChI is InChI=1S/C16H21N3O/c1-2-11-19-15(20)18-14(17)16(19)10-6-5-8-12-7-3-4-9-13(12)16/h3-4,7,9H,2,5-6,8,10-11H2,1H3,(H2,17,18,20). The van der Waals surface area contributed by atoms with Crippen LogP contribution in [0.25, 0.3) is 0 Å². The molecule has 0 aromatic heterocycles. The minimum atomic E-state index is -0.555. The van der Waals surface area contributed by atoms with Gasteiger partial charge in [0.2, 0.25) is 0 Å². The number of rotatable bonds is 2. The normalized spacial score (nSPS) is 25.6. The number of fused-ring (bicyclic) bond motifs is 2. The van der Waals surface area contributed by atoms with Crippen molar-refractivity contribution in [3.8, 4) is 0 Å². The van der Waals surface area contributed by atoms with Gasteiger partial charge in [0.05, 0.1) is 0 Å². The molecule has 1 unspecified atom stereocenters. The fraction of sp³-hybridized carbons (Fsp3) is 0.500. The number of carbonyl (C=O) groups is 1. The van der Waals surface area contributed by atoms with Crippen molar-refractivity contribution in [3.05, 3.63) is 35.4 Å². The number of benzene rings is 1. The van der Waals surface area contributed by atoms with Crippen molar-refractivity contribution < 1.29 is 4.79 Å². The molecule has 20 heavy (non-hydrogen) atoms. The molecule has 1 fully saturated rings. The van der Waals surface area contributed by atoms with Gasteiger partial charge in [-0.2, -0.15) is 0 Å². The Hall–Kier alpha value is -1.84. The molecule has 1 aromatic rings. The number of amides is 2. The van der Waals surface area contributed by atoms with Crippen molar-refractivity contribution in [2.75, 3.05) is 6.54 Å². The summed E-state index contributed by atoms with van der Waals surface area (Å²) in [6.07, 6.45) is 4.97. The van der Waals surface area contributed by atoms with Gasteiger partial charge < -0.3 is 4.90 Å². The van der Waals surface area contributed by atoms with Crippen molar-refractivity contribution in [2.45, 2.75) is 44.6 Å². The molecule has 0 bridgehead atoms. The van der Waals surface area contributed by atoms with Crippen LogP contribution in [-0.4, -0.2) is 23.3 Å². The monoisotopic (exact) mass is 271 g/mol. The van der Waals surface area contributed by atoms with E-state index >= 15 is 0 Å². The van der Waals surface area contributed by atoms with Gasteiger partial charge in [-0.3, -0.25) is 10.7 Å². The highest BCUT2D eigenvalue weighted by atomic mass is 16.2. The second kappa shape index (κ2) is 4.93. The SMILES string of the molecule is CCCN1C(=O)NC(=N)C12CCCCc1ccccc12. The van der Waals surface area contributed by atoms with Gasteiger partial charge in [-0.15, -0.1) is 0 Å². The first-order chi connectivity index (χ1) is 9.70. The molecule has 106 valence electrons. The Morgan fingerprint density at radius 1 is 1.35 bits per heavy atom. The zero-order valence-corrected chi connectivity index (χ0v) is 11.9. The van der Waals surface area contributed by atoms with E-state index in [9.17, 15) is 4.79 Å². The van der Waals surface area contributed by atoms with Gasteiger partial charge in [-0.25, -0.2) is 4.79 Å². The average Bonchev–Trinajstić information content (AvgIpc) is 2.62. The average molecular weight is 271 g/mol. The molecule has 4 nitrogen and oxygen atoms in total. The van der Waals surface area contributed by atoms with Crippen LogP contribution in [0.15, 0.2) is 24.3 Å². The third-order valence-electron chi connectivity index (χ3n) is 4.50. The van der Waals surface area contributed by atoms with E-state index in [1.165, 1.54) is 5.56 Å². The van der Waals surface area contributed by atoms with Gasteiger partial charge >= 0.3 is 6.03 Å². The maximum atomic E-state index is 12.2. The van der Waals surface area contributed by atoms with E-state index in [0.29, 0.717) is 12.4 Å². The smallest absolute Gasteiger partial charge is 0.308 e. The summed E-state index contributed by atoms with van der Waals surface area (Å²) in [6.45, 7) is 2.77. The molecule has 2 N–H and O–H groups in total. The van der Waals surface area contributed by atoms with Crippen LogP contribution in [-0.2, 0) is 12.0 Å². The third-order valence-corrected chi connectivity index (χ3v) is 4.50. The van der Waals surface area contributed by atoms with Crippen molar-refractivity contribution in [1.29, 1.82) is 5.41 Å². The van der Waals surface area contributed by atoms with Gasteiger partial charge in [-0.05, 0) is 43.2 Å². The van der Waals surface area contributed by atoms with Gasteiger partial charge in [0.1, 0.15) is 11.4 Å². The number of nitrogens with zero attached hydrogens (tertiary/aromatic N) is 1. The highest BCUT2D eigenvalue weighted by molar-refractivity contribution is 6.09. The van der Waals surface area contributed by atoms with Crippen LogP contribution in [0.5, 0.6) is 0 Å². The van der Waals surface area contributed by atoms with Crippen LogP contribution in [0.3, 0.4) is 0 Å². The summed E-state index contributed by atoms with van der Waals surface area (Å²) < 4.78 is 0. The number of nitrogens with one attached hydrogen (secondary N) is 2. The first kappa shape index (κ1) is 13.2.